The van der Waals surface area contributed by atoms with E-state index in [1.165, 1.54) is 36.4 Å². The smallest absolute Gasteiger partial charge is 0.258 e. The second kappa shape index (κ2) is 9.05. The van der Waals surface area contributed by atoms with E-state index in [4.69, 9.17) is 11.1 Å². The molecule has 0 aliphatic carbocycles. The summed E-state index contributed by atoms with van der Waals surface area (Å²) in [7, 11) is 0. The average molecular weight is 380 g/mol. The molecular formula is C14H8N10O4. The van der Waals surface area contributed by atoms with E-state index in [0.717, 1.165) is 12.4 Å². The molecular weight excluding hydrogens is 372 g/mol. The molecule has 0 bridgehead atoms. The van der Waals surface area contributed by atoms with Crippen LogP contribution in [0, 0.1) is 20.2 Å². The van der Waals surface area contributed by atoms with Crippen molar-refractivity contribution in [3.63, 3.8) is 0 Å². The van der Waals surface area contributed by atoms with Gasteiger partial charge < -0.3 is 0 Å². The van der Waals surface area contributed by atoms with Crippen LogP contribution in [0.2, 0.25) is 0 Å². The van der Waals surface area contributed by atoms with Crippen LogP contribution < -0.4 is 0 Å². The highest BCUT2D eigenvalue weighted by Crippen LogP contribution is 2.31. The van der Waals surface area contributed by atoms with Crippen molar-refractivity contribution in [1.29, 1.82) is 0 Å². The van der Waals surface area contributed by atoms with Gasteiger partial charge in [-0.15, -0.1) is 0 Å². The molecule has 0 saturated carbocycles. The van der Waals surface area contributed by atoms with Crippen LogP contribution >= 0.6 is 0 Å². The molecule has 14 nitrogen and oxygen atoms in total. The van der Waals surface area contributed by atoms with E-state index in [0.29, 0.717) is 0 Å². The van der Waals surface area contributed by atoms with E-state index in [-0.39, 0.29) is 22.5 Å². The Labute approximate surface area is 155 Å². The Morgan fingerprint density at radius 2 is 1.18 bits per heavy atom. The van der Waals surface area contributed by atoms with Gasteiger partial charge in [0.2, 0.25) is 0 Å². The lowest BCUT2D eigenvalue weighted by molar-refractivity contribution is -0.384. The van der Waals surface area contributed by atoms with E-state index in [1.807, 2.05) is 0 Å². The highest BCUT2D eigenvalue weighted by atomic mass is 16.6. The van der Waals surface area contributed by atoms with Crippen molar-refractivity contribution in [3.05, 3.63) is 88.6 Å². The SMILES string of the molecule is [N-]=[N+]=Nc1c(/C=N/N=C/c2cccc([N+](=O)[O-])c2N=[N+]=[N-])cccc1[N+](=O)[O-]. The molecule has 0 saturated heterocycles. The third-order valence-electron chi connectivity index (χ3n) is 3.24. The maximum Gasteiger partial charge on any atom is 0.279 e. The first-order valence-electron chi connectivity index (χ1n) is 7.21. The summed E-state index contributed by atoms with van der Waals surface area (Å²) in [6.45, 7) is 0. The van der Waals surface area contributed by atoms with Gasteiger partial charge >= 0.3 is 0 Å². The van der Waals surface area contributed by atoms with Crippen LogP contribution in [0.15, 0.2) is 56.8 Å². The lowest BCUT2D eigenvalue weighted by atomic mass is 10.1. The predicted molar refractivity (Wildman–Crippen MR) is 99.0 cm³/mol. The van der Waals surface area contributed by atoms with Crippen LogP contribution in [-0.4, -0.2) is 22.3 Å². The van der Waals surface area contributed by atoms with Crippen molar-refractivity contribution in [2.45, 2.75) is 0 Å². The topological polar surface area (TPSA) is 209 Å². The van der Waals surface area contributed by atoms with Crippen molar-refractivity contribution >= 4 is 35.2 Å². The molecule has 0 unspecified atom stereocenters. The zero-order valence-corrected chi connectivity index (χ0v) is 13.7. The molecule has 0 N–H and O–H groups in total. The van der Waals surface area contributed by atoms with Crippen molar-refractivity contribution in [1.82, 2.24) is 0 Å². The molecule has 0 aliphatic heterocycles. The summed E-state index contributed by atoms with van der Waals surface area (Å²) in [5.41, 5.74) is 16.2. The first kappa shape index (κ1) is 19.5. The van der Waals surface area contributed by atoms with Gasteiger partial charge in [-0.25, -0.2) is 0 Å². The molecule has 0 fully saturated rings. The van der Waals surface area contributed by atoms with Gasteiger partial charge in [-0.2, -0.15) is 10.2 Å². The fraction of sp³-hybridized carbons (Fsp3) is 0. The summed E-state index contributed by atoms with van der Waals surface area (Å²) in [4.78, 5) is 25.7. The summed E-state index contributed by atoms with van der Waals surface area (Å²) in [5.74, 6) is 0. The van der Waals surface area contributed by atoms with Crippen LogP contribution in [0.25, 0.3) is 20.9 Å². The number of rotatable bonds is 7. The number of benzene rings is 2. The van der Waals surface area contributed by atoms with Crippen molar-refractivity contribution in [3.8, 4) is 0 Å². The quantitative estimate of drug-likeness (QED) is 0.165. The number of nitro benzene ring substituents is 2. The second-order valence-corrected chi connectivity index (χ2v) is 4.81. The van der Waals surface area contributed by atoms with E-state index in [1.54, 1.807) is 0 Å². The summed E-state index contributed by atoms with van der Waals surface area (Å²) in [6, 6.07) is 7.93. The lowest BCUT2D eigenvalue weighted by Gasteiger charge is -2.00. The van der Waals surface area contributed by atoms with Crippen LogP contribution in [0.3, 0.4) is 0 Å². The summed E-state index contributed by atoms with van der Waals surface area (Å²) < 4.78 is 0. The van der Waals surface area contributed by atoms with Crippen LogP contribution in [0.4, 0.5) is 22.7 Å². The number of hydrogen-bond acceptors (Lipinski definition) is 8. The van der Waals surface area contributed by atoms with Crippen molar-refractivity contribution in [2.24, 2.45) is 20.4 Å². The zero-order chi connectivity index (χ0) is 20.5. The third-order valence-corrected chi connectivity index (χ3v) is 3.24. The zero-order valence-electron chi connectivity index (χ0n) is 13.7. The molecule has 0 heterocycles. The van der Waals surface area contributed by atoms with Crippen LogP contribution in [-0.2, 0) is 0 Å². The normalized spacial score (nSPS) is 10.4. The minimum Gasteiger partial charge on any atom is -0.258 e. The summed E-state index contributed by atoms with van der Waals surface area (Å²) in [6.07, 6.45) is 2.22. The van der Waals surface area contributed by atoms with Gasteiger partial charge in [-0.05, 0) is 11.1 Å². The Balaban J connectivity index is 2.40. The molecule has 0 spiro atoms. The van der Waals surface area contributed by atoms with E-state index < -0.39 is 21.2 Å². The summed E-state index contributed by atoms with van der Waals surface area (Å²) in [5, 5.41) is 36.0. The van der Waals surface area contributed by atoms with Gasteiger partial charge in [0.15, 0.2) is 0 Å². The predicted octanol–water partition coefficient (Wildman–Crippen LogP) is 4.84. The molecule has 2 rings (SSSR count). The highest BCUT2D eigenvalue weighted by molar-refractivity contribution is 5.92. The standard InChI is InChI=1S/C14H8N10O4/c15-21-19-13-9(3-1-5-11(13)23(25)26)7-17-18-8-10-4-2-6-12(24(27)28)14(10)20-22-16/h1-8H/b17-7+,18-8+. The van der Waals surface area contributed by atoms with Gasteiger partial charge in [0.25, 0.3) is 11.4 Å². The average Bonchev–Trinajstić information content (AvgIpc) is 2.67. The first-order valence-corrected chi connectivity index (χ1v) is 7.21. The summed E-state index contributed by atoms with van der Waals surface area (Å²) >= 11 is 0. The molecule has 138 valence electrons. The van der Waals surface area contributed by atoms with Gasteiger partial charge in [0, 0.05) is 33.1 Å². The Hall–Kier alpha value is -4.80. The van der Waals surface area contributed by atoms with Gasteiger partial charge in [0.1, 0.15) is 11.4 Å². The molecule has 0 aliphatic rings. The monoisotopic (exact) mass is 380 g/mol. The number of azide groups is 2. The van der Waals surface area contributed by atoms with Crippen molar-refractivity contribution in [2.75, 3.05) is 0 Å². The van der Waals surface area contributed by atoms with Crippen LogP contribution in [0.5, 0.6) is 0 Å². The maximum atomic E-state index is 11.0. The fourth-order valence-corrected chi connectivity index (χ4v) is 2.10. The van der Waals surface area contributed by atoms with E-state index >= 15 is 0 Å². The maximum absolute atomic E-state index is 11.0. The minimum atomic E-state index is -0.708. The van der Waals surface area contributed by atoms with E-state index in [9.17, 15) is 20.2 Å². The van der Waals surface area contributed by atoms with Gasteiger partial charge in [-0.3, -0.25) is 20.2 Å². The Morgan fingerprint density at radius 3 is 1.50 bits per heavy atom. The molecule has 0 radical (unpaired) electrons. The first-order chi connectivity index (χ1) is 13.5. The third kappa shape index (κ3) is 4.43. The Kier molecular flexibility index (Phi) is 6.31. The molecule has 0 atom stereocenters. The molecule has 28 heavy (non-hydrogen) atoms. The lowest BCUT2D eigenvalue weighted by Crippen LogP contribution is -1.92. The number of nitrogens with zero attached hydrogens (tertiary/aromatic N) is 10. The molecule has 0 aromatic heterocycles. The van der Waals surface area contributed by atoms with Gasteiger partial charge in [-0.1, -0.05) is 34.5 Å². The van der Waals surface area contributed by atoms with Crippen molar-refractivity contribution < 1.29 is 9.85 Å². The molecule has 2 aromatic rings. The van der Waals surface area contributed by atoms with Crippen LogP contribution in [0.1, 0.15) is 11.1 Å². The highest BCUT2D eigenvalue weighted by Gasteiger charge is 2.16. The molecule has 2 aromatic carbocycles. The number of nitro groups is 2. The van der Waals surface area contributed by atoms with Gasteiger partial charge in [0.05, 0.1) is 22.3 Å². The largest absolute Gasteiger partial charge is 0.279 e. The molecule has 14 heteroatoms. The fourth-order valence-electron chi connectivity index (χ4n) is 2.10. The minimum absolute atomic E-state index is 0.137. The Morgan fingerprint density at radius 1 is 0.786 bits per heavy atom. The van der Waals surface area contributed by atoms with E-state index in [2.05, 4.69) is 30.3 Å². The Bertz CT molecular complexity index is 1010. The number of hydrogen-bond donors (Lipinski definition) is 0. The molecule has 0 amide bonds. The second-order valence-electron chi connectivity index (χ2n) is 4.81.